The number of para-hydroxylation sites is 1. The molecule has 1 amide bonds. The maximum Gasteiger partial charge on any atom is 0.257 e. The van der Waals surface area contributed by atoms with E-state index in [2.05, 4.69) is 4.90 Å². The highest BCUT2D eigenvalue weighted by Crippen LogP contribution is 2.23. The summed E-state index contributed by atoms with van der Waals surface area (Å²) in [5.41, 5.74) is 6.08. The van der Waals surface area contributed by atoms with E-state index in [0.717, 1.165) is 19.6 Å². The third-order valence-electron chi connectivity index (χ3n) is 4.26. The molecule has 0 spiro atoms. The van der Waals surface area contributed by atoms with Gasteiger partial charge in [-0.25, -0.2) is 0 Å². The van der Waals surface area contributed by atoms with Gasteiger partial charge in [-0.1, -0.05) is 23.7 Å². The maximum absolute atomic E-state index is 12.4. The molecule has 1 aromatic heterocycles. The van der Waals surface area contributed by atoms with Crippen molar-refractivity contribution < 1.29 is 13.9 Å². The van der Waals surface area contributed by atoms with Crippen molar-refractivity contribution >= 4 is 42.3 Å². The third-order valence-corrected chi connectivity index (χ3v) is 4.58. The van der Waals surface area contributed by atoms with Gasteiger partial charge in [0.15, 0.2) is 0 Å². The quantitative estimate of drug-likeness (QED) is 0.753. The van der Waals surface area contributed by atoms with E-state index >= 15 is 0 Å². The molecule has 0 unspecified atom stereocenters. The molecule has 6 nitrogen and oxygen atoms in total. The van der Waals surface area contributed by atoms with Crippen molar-refractivity contribution in [1.29, 1.82) is 0 Å². The van der Waals surface area contributed by atoms with Gasteiger partial charge in [0.05, 0.1) is 17.1 Å². The number of hydrogen-bond acceptors (Lipinski definition) is 5. The molecule has 150 valence electrons. The molecule has 1 aromatic carbocycles. The molecular weight excluding hydrogens is 413 g/mol. The lowest BCUT2D eigenvalue weighted by Crippen LogP contribution is -2.49. The van der Waals surface area contributed by atoms with Gasteiger partial charge in [0, 0.05) is 32.7 Å². The SMILES string of the molecule is Cl.Cl.NCc1cc(C(=O)N2CCN(CCOc3ccccc3Cl)CC2)co1. The van der Waals surface area contributed by atoms with Crippen LogP contribution in [0.15, 0.2) is 41.0 Å². The molecule has 0 bridgehead atoms. The number of amides is 1. The molecule has 2 heterocycles. The van der Waals surface area contributed by atoms with Crippen LogP contribution in [-0.2, 0) is 6.54 Å². The summed E-state index contributed by atoms with van der Waals surface area (Å²) in [7, 11) is 0. The predicted octanol–water partition coefficient (Wildman–Crippen LogP) is 3.07. The monoisotopic (exact) mass is 435 g/mol. The molecule has 1 fully saturated rings. The van der Waals surface area contributed by atoms with Crippen LogP contribution in [0.4, 0.5) is 0 Å². The second-order valence-corrected chi connectivity index (χ2v) is 6.33. The van der Waals surface area contributed by atoms with Crippen LogP contribution in [0.3, 0.4) is 0 Å². The number of piperazine rings is 1. The van der Waals surface area contributed by atoms with Crippen LogP contribution in [0.5, 0.6) is 5.75 Å². The largest absolute Gasteiger partial charge is 0.491 e. The average molecular weight is 437 g/mol. The number of carbonyl (C=O) groups is 1. The number of nitrogens with two attached hydrogens (primary N) is 1. The molecule has 1 aliphatic rings. The standard InChI is InChI=1S/C18H22ClN3O3.2ClH/c19-16-3-1-2-4-17(16)24-10-9-21-5-7-22(8-6-21)18(23)14-11-15(12-20)25-13-14;;/h1-4,11,13H,5-10,12,20H2;2*1H. The van der Waals surface area contributed by atoms with E-state index in [1.54, 1.807) is 6.07 Å². The van der Waals surface area contributed by atoms with Gasteiger partial charge in [-0.05, 0) is 18.2 Å². The van der Waals surface area contributed by atoms with Crippen molar-refractivity contribution in [3.05, 3.63) is 52.9 Å². The Morgan fingerprint density at radius 2 is 1.89 bits per heavy atom. The summed E-state index contributed by atoms with van der Waals surface area (Å²) in [5, 5.41) is 0.620. The van der Waals surface area contributed by atoms with Gasteiger partial charge in [-0.3, -0.25) is 9.69 Å². The van der Waals surface area contributed by atoms with Crippen LogP contribution in [-0.4, -0.2) is 55.0 Å². The van der Waals surface area contributed by atoms with Gasteiger partial charge in [0.25, 0.3) is 5.91 Å². The molecule has 0 atom stereocenters. The first-order valence-electron chi connectivity index (χ1n) is 8.34. The highest BCUT2D eigenvalue weighted by molar-refractivity contribution is 6.32. The number of benzene rings is 1. The fourth-order valence-electron chi connectivity index (χ4n) is 2.80. The molecular formula is C18H24Cl3N3O3. The number of carbonyl (C=O) groups excluding carboxylic acids is 1. The summed E-state index contributed by atoms with van der Waals surface area (Å²) >= 11 is 6.07. The van der Waals surface area contributed by atoms with E-state index in [0.29, 0.717) is 48.3 Å². The minimum absolute atomic E-state index is 0. The van der Waals surface area contributed by atoms with Gasteiger partial charge in [-0.2, -0.15) is 0 Å². The molecule has 0 radical (unpaired) electrons. The first-order valence-corrected chi connectivity index (χ1v) is 8.71. The van der Waals surface area contributed by atoms with E-state index in [1.165, 1.54) is 6.26 Å². The first-order chi connectivity index (χ1) is 12.2. The fraction of sp³-hybridized carbons (Fsp3) is 0.389. The smallest absolute Gasteiger partial charge is 0.257 e. The van der Waals surface area contributed by atoms with Crippen molar-refractivity contribution in [2.45, 2.75) is 6.54 Å². The predicted molar refractivity (Wildman–Crippen MR) is 110 cm³/mol. The second kappa shape index (κ2) is 11.4. The Balaban J connectivity index is 0.00000182. The molecule has 0 aliphatic carbocycles. The summed E-state index contributed by atoms with van der Waals surface area (Å²) in [6.45, 7) is 4.68. The lowest BCUT2D eigenvalue weighted by molar-refractivity contribution is 0.0619. The van der Waals surface area contributed by atoms with Crippen LogP contribution < -0.4 is 10.5 Å². The van der Waals surface area contributed by atoms with Crippen LogP contribution in [0.25, 0.3) is 0 Å². The second-order valence-electron chi connectivity index (χ2n) is 5.92. The van der Waals surface area contributed by atoms with Gasteiger partial charge in [0.2, 0.25) is 0 Å². The topological polar surface area (TPSA) is 71.9 Å². The normalized spacial score (nSPS) is 14.2. The number of hydrogen-bond donors (Lipinski definition) is 1. The zero-order chi connectivity index (χ0) is 17.6. The van der Waals surface area contributed by atoms with E-state index in [9.17, 15) is 4.79 Å². The Morgan fingerprint density at radius 3 is 2.52 bits per heavy atom. The van der Waals surface area contributed by atoms with Crippen molar-refractivity contribution in [3.8, 4) is 5.75 Å². The minimum atomic E-state index is -0.00424. The molecule has 27 heavy (non-hydrogen) atoms. The Labute approximate surface area is 176 Å². The number of furan rings is 1. The molecule has 1 saturated heterocycles. The number of ether oxygens (including phenoxy) is 1. The van der Waals surface area contributed by atoms with E-state index in [-0.39, 0.29) is 30.7 Å². The highest BCUT2D eigenvalue weighted by atomic mass is 35.5. The summed E-state index contributed by atoms with van der Waals surface area (Å²) < 4.78 is 11.0. The fourth-order valence-corrected chi connectivity index (χ4v) is 2.99. The molecule has 9 heteroatoms. The summed E-state index contributed by atoms with van der Waals surface area (Å²) in [6.07, 6.45) is 1.48. The van der Waals surface area contributed by atoms with Crippen molar-refractivity contribution in [1.82, 2.24) is 9.80 Å². The molecule has 3 rings (SSSR count). The van der Waals surface area contributed by atoms with Gasteiger partial charge in [0.1, 0.15) is 24.4 Å². The Morgan fingerprint density at radius 1 is 1.19 bits per heavy atom. The lowest BCUT2D eigenvalue weighted by atomic mass is 10.2. The van der Waals surface area contributed by atoms with Crippen molar-refractivity contribution in [2.24, 2.45) is 5.73 Å². The number of rotatable bonds is 6. The third kappa shape index (κ3) is 6.30. The average Bonchev–Trinajstić information content (AvgIpc) is 3.12. The van der Waals surface area contributed by atoms with E-state index in [1.807, 2.05) is 29.2 Å². The summed E-state index contributed by atoms with van der Waals surface area (Å²) in [4.78, 5) is 16.6. The first kappa shape index (κ1) is 23.6. The Bertz CT molecular complexity index is 719. The molecule has 1 aliphatic heterocycles. The van der Waals surface area contributed by atoms with E-state index in [4.69, 9.17) is 26.5 Å². The Hall–Kier alpha value is -1.44. The van der Waals surface area contributed by atoms with Crippen LogP contribution in [0.1, 0.15) is 16.1 Å². The van der Waals surface area contributed by atoms with Crippen molar-refractivity contribution in [2.75, 3.05) is 39.3 Å². The number of halogens is 3. The van der Waals surface area contributed by atoms with Crippen LogP contribution >= 0.6 is 36.4 Å². The molecule has 2 aromatic rings. The molecule has 0 saturated carbocycles. The van der Waals surface area contributed by atoms with Crippen LogP contribution in [0, 0.1) is 0 Å². The highest BCUT2D eigenvalue weighted by Gasteiger charge is 2.23. The van der Waals surface area contributed by atoms with Gasteiger partial charge < -0.3 is 19.8 Å². The van der Waals surface area contributed by atoms with E-state index < -0.39 is 0 Å². The lowest BCUT2D eigenvalue weighted by Gasteiger charge is -2.34. The van der Waals surface area contributed by atoms with Gasteiger partial charge in [-0.15, -0.1) is 24.8 Å². The summed E-state index contributed by atoms with van der Waals surface area (Å²) in [6, 6.07) is 9.16. The zero-order valence-corrected chi connectivity index (χ0v) is 17.2. The van der Waals surface area contributed by atoms with Gasteiger partial charge >= 0.3 is 0 Å². The van der Waals surface area contributed by atoms with Crippen LogP contribution in [0.2, 0.25) is 5.02 Å². The number of nitrogens with zero attached hydrogens (tertiary/aromatic N) is 2. The minimum Gasteiger partial charge on any atom is -0.491 e. The zero-order valence-electron chi connectivity index (χ0n) is 14.8. The maximum atomic E-state index is 12.4. The molecule has 2 N–H and O–H groups in total. The summed E-state index contributed by atoms with van der Waals surface area (Å²) in [5.74, 6) is 1.32. The van der Waals surface area contributed by atoms with Crippen molar-refractivity contribution in [3.63, 3.8) is 0 Å². The Kier molecular flexibility index (Phi) is 9.98.